The number of ether oxygens (including phenoxy) is 2. The monoisotopic (exact) mass is 505 g/mol. The highest BCUT2D eigenvalue weighted by atomic mass is 16.5. The summed E-state index contributed by atoms with van der Waals surface area (Å²) in [7, 11) is 0. The van der Waals surface area contributed by atoms with E-state index in [1.54, 1.807) is 0 Å². The highest BCUT2D eigenvalue weighted by Gasteiger charge is 2.17. The zero-order valence-corrected chi connectivity index (χ0v) is 22.0. The van der Waals surface area contributed by atoms with Crippen LogP contribution < -0.4 is 0 Å². The summed E-state index contributed by atoms with van der Waals surface area (Å²) < 4.78 is 13.1. The Morgan fingerprint density at radius 3 is 1.54 bits per heavy atom. The van der Waals surface area contributed by atoms with E-state index < -0.39 is 0 Å². The molecule has 7 heteroatoms. The molecule has 2 fully saturated rings. The Hall–Kier alpha value is -2.58. The van der Waals surface area contributed by atoms with Gasteiger partial charge in [-0.3, -0.25) is 19.4 Å². The lowest BCUT2D eigenvalue weighted by atomic mass is 10.0. The molecule has 2 aliphatic heterocycles. The summed E-state index contributed by atoms with van der Waals surface area (Å²) in [4.78, 5) is 30.8. The van der Waals surface area contributed by atoms with Gasteiger partial charge in [0.25, 0.3) is 0 Å². The van der Waals surface area contributed by atoms with Gasteiger partial charge in [-0.05, 0) is 69.3 Å². The molecule has 3 aromatic rings. The molecule has 0 saturated carbocycles. The Kier molecular flexibility index (Phi) is 8.66. The average Bonchev–Trinajstić information content (AvgIpc) is 3.26. The Bertz CT molecular complexity index is 1150. The number of Topliss-reactive ketones (excluding diaryl/α,β-unsaturated/α-hetero) is 2. The Balaban J connectivity index is 1.30. The molecule has 0 bridgehead atoms. The third-order valence-corrected chi connectivity index (χ3v) is 7.79. The molecule has 2 aromatic carbocycles. The molecule has 0 aliphatic carbocycles. The number of benzene rings is 2. The van der Waals surface area contributed by atoms with Crippen molar-refractivity contribution in [1.29, 1.82) is 0 Å². The first-order valence-corrected chi connectivity index (χ1v) is 13.9. The van der Waals surface area contributed by atoms with Crippen molar-refractivity contribution in [1.82, 2.24) is 14.4 Å². The fourth-order valence-corrected chi connectivity index (χ4v) is 5.66. The molecule has 2 aliphatic rings. The number of ketones is 2. The van der Waals surface area contributed by atoms with Gasteiger partial charge in [0.15, 0.2) is 11.6 Å². The van der Waals surface area contributed by atoms with Crippen LogP contribution >= 0.6 is 0 Å². The molecule has 0 spiro atoms. The molecule has 0 N–H and O–H groups in total. The quantitative estimate of drug-likeness (QED) is 0.360. The van der Waals surface area contributed by atoms with Gasteiger partial charge in [-0.25, -0.2) is 0 Å². The molecular weight excluding hydrogens is 466 g/mol. The molecule has 37 heavy (non-hydrogen) atoms. The zero-order chi connectivity index (χ0) is 25.6. The van der Waals surface area contributed by atoms with Crippen LogP contribution in [0, 0.1) is 0 Å². The molecule has 0 amide bonds. The van der Waals surface area contributed by atoms with Crippen molar-refractivity contribution in [2.45, 2.75) is 39.2 Å². The molecule has 3 heterocycles. The van der Waals surface area contributed by atoms with Crippen molar-refractivity contribution in [2.75, 3.05) is 65.7 Å². The summed E-state index contributed by atoms with van der Waals surface area (Å²) in [5.74, 6) is 0.366. The Labute approximate surface area is 219 Å². The molecule has 5 rings (SSSR count). The summed E-state index contributed by atoms with van der Waals surface area (Å²) in [6, 6.07) is 12.1. The molecule has 7 nitrogen and oxygen atoms in total. The van der Waals surface area contributed by atoms with Crippen molar-refractivity contribution in [3.63, 3.8) is 0 Å². The molecule has 0 unspecified atom stereocenters. The number of morpholine rings is 2. The highest BCUT2D eigenvalue weighted by molar-refractivity contribution is 6.13. The van der Waals surface area contributed by atoms with Gasteiger partial charge < -0.3 is 14.0 Å². The number of aromatic nitrogens is 1. The van der Waals surface area contributed by atoms with E-state index in [9.17, 15) is 9.59 Å². The van der Waals surface area contributed by atoms with Crippen molar-refractivity contribution in [3.05, 3.63) is 47.5 Å². The summed E-state index contributed by atoms with van der Waals surface area (Å²) in [6.07, 6.45) is 2.80. The van der Waals surface area contributed by atoms with E-state index in [0.717, 1.165) is 118 Å². The maximum Gasteiger partial charge on any atom is 0.162 e. The van der Waals surface area contributed by atoms with Crippen molar-refractivity contribution in [2.24, 2.45) is 0 Å². The van der Waals surface area contributed by atoms with E-state index >= 15 is 0 Å². The SMILES string of the molecule is CCn1c2ccc(C(=O)CCCN3CCOCC3)cc2c2cc(C(=O)CCCN3CCOCC3)ccc21. The standard InChI is InChI=1S/C30H39N3O4/c1-2-33-27-9-7-23(29(34)5-3-11-31-13-17-36-18-14-31)21-25(27)26-22-24(8-10-28(26)33)30(35)6-4-12-32-15-19-37-20-16-32/h7-10,21-22H,2-6,11-20H2,1H3. The molecule has 1 aromatic heterocycles. The number of fused-ring (bicyclic) bond motifs is 3. The van der Waals surface area contributed by atoms with Crippen LogP contribution in [-0.2, 0) is 16.0 Å². The third kappa shape index (κ3) is 6.12. The number of carbonyl (C=O) groups is 2. The average molecular weight is 506 g/mol. The van der Waals surface area contributed by atoms with Crippen LogP contribution in [-0.4, -0.2) is 91.6 Å². The minimum absolute atomic E-state index is 0.183. The van der Waals surface area contributed by atoms with Crippen molar-refractivity contribution >= 4 is 33.4 Å². The minimum Gasteiger partial charge on any atom is -0.379 e. The first-order chi connectivity index (χ1) is 18.1. The van der Waals surface area contributed by atoms with Gasteiger partial charge in [0.1, 0.15) is 0 Å². The molecular formula is C30H39N3O4. The summed E-state index contributed by atoms with van der Waals surface area (Å²) in [6.45, 7) is 11.8. The maximum atomic E-state index is 13.1. The van der Waals surface area contributed by atoms with Gasteiger partial charge in [0, 0.05) is 78.5 Å². The Morgan fingerprint density at radius 2 is 1.14 bits per heavy atom. The number of hydrogen-bond donors (Lipinski definition) is 0. The van der Waals surface area contributed by atoms with Crippen molar-refractivity contribution in [3.8, 4) is 0 Å². The molecule has 2 saturated heterocycles. The molecule has 0 atom stereocenters. The number of nitrogens with zero attached hydrogens (tertiary/aromatic N) is 3. The topological polar surface area (TPSA) is 64.0 Å². The highest BCUT2D eigenvalue weighted by Crippen LogP contribution is 2.31. The van der Waals surface area contributed by atoms with Crippen LogP contribution in [0.15, 0.2) is 36.4 Å². The summed E-state index contributed by atoms with van der Waals surface area (Å²) >= 11 is 0. The van der Waals surface area contributed by atoms with Crippen LogP contribution in [0.5, 0.6) is 0 Å². The van der Waals surface area contributed by atoms with Crippen LogP contribution in [0.3, 0.4) is 0 Å². The molecule has 198 valence electrons. The number of carbonyl (C=O) groups excluding carboxylic acids is 2. The fraction of sp³-hybridized carbons (Fsp3) is 0.533. The van der Waals surface area contributed by atoms with Gasteiger partial charge in [-0.1, -0.05) is 0 Å². The maximum absolute atomic E-state index is 13.1. The predicted molar refractivity (Wildman–Crippen MR) is 147 cm³/mol. The van der Waals surface area contributed by atoms with E-state index in [2.05, 4.69) is 33.4 Å². The lowest BCUT2D eigenvalue weighted by Gasteiger charge is -2.26. The van der Waals surface area contributed by atoms with E-state index in [1.807, 2.05) is 24.3 Å². The fourth-order valence-electron chi connectivity index (χ4n) is 5.66. The number of aryl methyl sites for hydroxylation is 1. The Morgan fingerprint density at radius 1 is 0.703 bits per heavy atom. The third-order valence-electron chi connectivity index (χ3n) is 7.79. The van der Waals surface area contributed by atoms with Gasteiger partial charge in [0.2, 0.25) is 0 Å². The second-order valence-corrected chi connectivity index (χ2v) is 10.2. The normalized spacial score (nSPS) is 17.5. The lowest BCUT2D eigenvalue weighted by Crippen LogP contribution is -2.36. The minimum atomic E-state index is 0.183. The van der Waals surface area contributed by atoms with Crippen LogP contribution in [0.2, 0.25) is 0 Å². The van der Waals surface area contributed by atoms with E-state index in [4.69, 9.17) is 9.47 Å². The zero-order valence-electron chi connectivity index (χ0n) is 22.0. The molecule has 0 radical (unpaired) electrons. The van der Waals surface area contributed by atoms with E-state index in [-0.39, 0.29) is 11.6 Å². The van der Waals surface area contributed by atoms with Gasteiger partial charge in [0.05, 0.1) is 26.4 Å². The lowest BCUT2D eigenvalue weighted by molar-refractivity contribution is 0.0370. The van der Waals surface area contributed by atoms with Gasteiger partial charge in [-0.2, -0.15) is 0 Å². The van der Waals surface area contributed by atoms with Crippen LogP contribution in [0.1, 0.15) is 53.3 Å². The predicted octanol–water partition coefficient (Wildman–Crippen LogP) is 4.40. The first kappa shape index (κ1) is 26.0. The van der Waals surface area contributed by atoms with Crippen LogP contribution in [0.25, 0.3) is 21.8 Å². The largest absolute Gasteiger partial charge is 0.379 e. The van der Waals surface area contributed by atoms with E-state index in [1.165, 1.54) is 0 Å². The first-order valence-electron chi connectivity index (χ1n) is 13.9. The van der Waals surface area contributed by atoms with E-state index in [0.29, 0.717) is 12.8 Å². The summed E-state index contributed by atoms with van der Waals surface area (Å²) in [5, 5.41) is 2.11. The summed E-state index contributed by atoms with van der Waals surface area (Å²) in [5.41, 5.74) is 3.73. The van der Waals surface area contributed by atoms with Crippen LogP contribution in [0.4, 0.5) is 0 Å². The van der Waals surface area contributed by atoms with Crippen molar-refractivity contribution < 1.29 is 19.1 Å². The second kappa shape index (κ2) is 12.3. The smallest absolute Gasteiger partial charge is 0.162 e. The second-order valence-electron chi connectivity index (χ2n) is 10.2. The number of hydrogen-bond acceptors (Lipinski definition) is 6. The van der Waals surface area contributed by atoms with Gasteiger partial charge in [-0.15, -0.1) is 0 Å². The van der Waals surface area contributed by atoms with Gasteiger partial charge >= 0.3 is 0 Å². The number of rotatable bonds is 11.